The summed E-state index contributed by atoms with van der Waals surface area (Å²) < 4.78 is 13.4. The van der Waals surface area contributed by atoms with Gasteiger partial charge in [0.25, 0.3) is 0 Å². The predicted octanol–water partition coefficient (Wildman–Crippen LogP) is 1.54. The van der Waals surface area contributed by atoms with Gasteiger partial charge in [0.15, 0.2) is 0 Å². The monoisotopic (exact) mass is 250 g/mol. The number of fused-ring (bicyclic) bond motifs is 3. The van der Waals surface area contributed by atoms with Gasteiger partial charge in [-0.3, -0.25) is 0 Å². The zero-order valence-corrected chi connectivity index (χ0v) is 10.1. The maximum absolute atomic E-state index is 5.80. The molecule has 0 saturated carbocycles. The summed E-state index contributed by atoms with van der Waals surface area (Å²) >= 11 is 1.47. The number of hydrogen-bond donors (Lipinski definition) is 1. The third-order valence-electron chi connectivity index (χ3n) is 2.57. The van der Waals surface area contributed by atoms with Crippen molar-refractivity contribution in [1.82, 2.24) is 14.6 Å². The molecule has 0 fully saturated rings. The molecule has 0 aliphatic carbocycles. The van der Waals surface area contributed by atoms with Crippen LogP contribution in [0.5, 0.6) is 11.5 Å². The van der Waals surface area contributed by atoms with Crippen LogP contribution in [0.2, 0.25) is 0 Å². The van der Waals surface area contributed by atoms with Gasteiger partial charge in [-0.2, -0.15) is 0 Å². The average molecular weight is 250 g/mol. The molecule has 0 spiro atoms. The Morgan fingerprint density at radius 2 is 1.88 bits per heavy atom. The molecule has 0 radical (unpaired) electrons. The standard InChI is InChI=1S/C10H10N4O2S/c1-15-5-3-4-6(16-2)8-7(5)14-9(11)12-13-10(14)17-8/h3-4H,1-2H3,(H2,11,12). The number of ether oxygens (including phenoxy) is 2. The van der Waals surface area contributed by atoms with E-state index in [0.717, 1.165) is 26.7 Å². The molecule has 0 unspecified atom stereocenters. The van der Waals surface area contributed by atoms with E-state index in [2.05, 4.69) is 10.2 Å². The molecule has 3 rings (SSSR count). The van der Waals surface area contributed by atoms with Crippen molar-refractivity contribution in [3.8, 4) is 11.5 Å². The molecule has 0 bridgehead atoms. The van der Waals surface area contributed by atoms with E-state index in [1.807, 2.05) is 12.1 Å². The summed E-state index contributed by atoms with van der Waals surface area (Å²) in [5.41, 5.74) is 6.64. The van der Waals surface area contributed by atoms with E-state index < -0.39 is 0 Å². The van der Waals surface area contributed by atoms with Gasteiger partial charge in [0.1, 0.15) is 21.7 Å². The fraction of sp³-hybridized carbons (Fsp3) is 0.200. The molecular weight excluding hydrogens is 240 g/mol. The molecule has 0 aliphatic heterocycles. The predicted molar refractivity (Wildman–Crippen MR) is 65.9 cm³/mol. The summed E-state index contributed by atoms with van der Waals surface area (Å²) in [6.45, 7) is 0. The van der Waals surface area contributed by atoms with Gasteiger partial charge in [0, 0.05) is 0 Å². The first-order valence-electron chi connectivity index (χ1n) is 4.90. The van der Waals surface area contributed by atoms with Crippen LogP contribution < -0.4 is 15.2 Å². The number of thiazole rings is 1. The molecule has 1 aromatic carbocycles. The van der Waals surface area contributed by atoms with E-state index >= 15 is 0 Å². The van der Waals surface area contributed by atoms with Gasteiger partial charge in [-0.25, -0.2) is 4.40 Å². The molecule has 88 valence electrons. The highest BCUT2D eigenvalue weighted by atomic mass is 32.1. The maximum Gasteiger partial charge on any atom is 0.227 e. The Hall–Kier alpha value is -2.02. The van der Waals surface area contributed by atoms with Crippen LogP contribution in [0.1, 0.15) is 0 Å². The lowest BCUT2D eigenvalue weighted by molar-refractivity contribution is 0.410. The average Bonchev–Trinajstić information content (AvgIpc) is 2.88. The first kappa shape index (κ1) is 10.2. The Labute approximate surface area is 101 Å². The molecule has 2 heterocycles. The number of methoxy groups -OCH3 is 2. The molecule has 17 heavy (non-hydrogen) atoms. The lowest BCUT2D eigenvalue weighted by Crippen LogP contribution is -1.95. The number of nitrogen functional groups attached to an aromatic ring is 1. The minimum atomic E-state index is 0.345. The lowest BCUT2D eigenvalue weighted by atomic mass is 10.3. The number of anilines is 1. The van der Waals surface area contributed by atoms with E-state index in [9.17, 15) is 0 Å². The highest BCUT2D eigenvalue weighted by Crippen LogP contribution is 2.39. The second-order valence-electron chi connectivity index (χ2n) is 3.43. The van der Waals surface area contributed by atoms with Crippen LogP contribution in [0.4, 0.5) is 5.95 Å². The van der Waals surface area contributed by atoms with E-state index in [4.69, 9.17) is 15.2 Å². The molecule has 0 saturated heterocycles. The first-order valence-corrected chi connectivity index (χ1v) is 5.72. The second-order valence-corrected chi connectivity index (χ2v) is 4.40. The van der Waals surface area contributed by atoms with Crippen molar-refractivity contribution in [3.63, 3.8) is 0 Å². The van der Waals surface area contributed by atoms with Gasteiger partial charge in [-0.05, 0) is 12.1 Å². The van der Waals surface area contributed by atoms with Crippen LogP contribution in [0, 0.1) is 0 Å². The number of benzene rings is 1. The third-order valence-corrected chi connectivity index (χ3v) is 3.62. The van der Waals surface area contributed by atoms with E-state index in [1.54, 1.807) is 18.6 Å². The van der Waals surface area contributed by atoms with Crippen LogP contribution >= 0.6 is 11.3 Å². The fourth-order valence-electron chi connectivity index (χ4n) is 1.82. The smallest absolute Gasteiger partial charge is 0.227 e. The molecule has 2 N–H and O–H groups in total. The molecule has 3 aromatic rings. The zero-order chi connectivity index (χ0) is 12.0. The minimum absolute atomic E-state index is 0.345. The normalized spacial score (nSPS) is 11.2. The number of hydrogen-bond acceptors (Lipinski definition) is 6. The van der Waals surface area contributed by atoms with Crippen LogP contribution in [0.15, 0.2) is 12.1 Å². The van der Waals surface area contributed by atoms with Gasteiger partial charge in [0.2, 0.25) is 10.9 Å². The summed E-state index contributed by atoms with van der Waals surface area (Å²) in [4.78, 5) is 0.723. The number of aromatic nitrogens is 3. The summed E-state index contributed by atoms with van der Waals surface area (Å²) in [5, 5.41) is 7.84. The lowest BCUT2D eigenvalue weighted by Gasteiger charge is -2.05. The van der Waals surface area contributed by atoms with Gasteiger partial charge in [-0.15, -0.1) is 10.2 Å². The number of nitrogens with two attached hydrogens (primary N) is 1. The Morgan fingerprint density at radius 1 is 1.18 bits per heavy atom. The summed E-state index contributed by atoms with van der Waals surface area (Å²) in [6.07, 6.45) is 0. The van der Waals surface area contributed by atoms with E-state index in [-0.39, 0.29) is 0 Å². The summed E-state index contributed by atoms with van der Waals surface area (Å²) in [5.74, 6) is 1.84. The largest absolute Gasteiger partial charge is 0.495 e. The maximum atomic E-state index is 5.80. The highest BCUT2D eigenvalue weighted by molar-refractivity contribution is 7.24. The summed E-state index contributed by atoms with van der Waals surface area (Å²) in [6, 6.07) is 3.70. The topological polar surface area (TPSA) is 74.7 Å². The number of nitrogens with zero attached hydrogens (tertiary/aromatic N) is 3. The molecule has 0 aliphatic rings. The van der Waals surface area contributed by atoms with Crippen LogP contribution in [0.3, 0.4) is 0 Å². The Morgan fingerprint density at radius 3 is 2.59 bits per heavy atom. The van der Waals surface area contributed by atoms with E-state index in [0.29, 0.717) is 5.95 Å². The number of rotatable bonds is 2. The Bertz CT molecular complexity index is 703. The molecule has 2 aromatic heterocycles. The van der Waals surface area contributed by atoms with Crippen molar-refractivity contribution in [2.24, 2.45) is 0 Å². The molecule has 6 nitrogen and oxygen atoms in total. The Balaban J connectivity index is 2.54. The van der Waals surface area contributed by atoms with E-state index in [1.165, 1.54) is 11.3 Å². The highest BCUT2D eigenvalue weighted by Gasteiger charge is 2.17. The molecular formula is C10H10N4O2S. The van der Waals surface area contributed by atoms with Crippen molar-refractivity contribution < 1.29 is 9.47 Å². The van der Waals surface area contributed by atoms with Gasteiger partial charge >= 0.3 is 0 Å². The van der Waals surface area contributed by atoms with Crippen molar-refractivity contribution in [3.05, 3.63) is 12.1 Å². The quantitative estimate of drug-likeness (QED) is 0.746. The van der Waals surface area contributed by atoms with Crippen molar-refractivity contribution >= 4 is 32.5 Å². The van der Waals surface area contributed by atoms with Crippen LogP contribution in [-0.4, -0.2) is 28.8 Å². The van der Waals surface area contributed by atoms with Gasteiger partial charge in [-0.1, -0.05) is 11.3 Å². The molecule has 7 heteroatoms. The van der Waals surface area contributed by atoms with Crippen molar-refractivity contribution in [2.45, 2.75) is 0 Å². The van der Waals surface area contributed by atoms with Crippen LogP contribution in [0.25, 0.3) is 15.2 Å². The van der Waals surface area contributed by atoms with Crippen molar-refractivity contribution in [2.75, 3.05) is 20.0 Å². The first-order chi connectivity index (χ1) is 8.26. The molecule has 0 amide bonds. The van der Waals surface area contributed by atoms with Gasteiger partial charge < -0.3 is 15.2 Å². The van der Waals surface area contributed by atoms with Crippen molar-refractivity contribution in [1.29, 1.82) is 0 Å². The molecule has 0 atom stereocenters. The SMILES string of the molecule is COc1ccc(OC)c2c1sc1nnc(N)n12. The summed E-state index contributed by atoms with van der Waals surface area (Å²) in [7, 11) is 3.25. The zero-order valence-electron chi connectivity index (χ0n) is 9.30. The van der Waals surface area contributed by atoms with Crippen LogP contribution in [-0.2, 0) is 0 Å². The minimum Gasteiger partial charge on any atom is -0.495 e. The Kier molecular flexibility index (Phi) is 2.08. The fourth-order valence-corrected chi connectivity index (χ4v) is 2.90. The third kappa shape index (κ3) is 1.26. The second kappa shape index (κ2) is 3.49. The van der Waals surface area contributed by atoms with Gasteiger partial charge in [0.05, 0.1) is 14.2 Å².